The van der Waals surface area contributed by atoms with Crippen LogP contribution in [0.5, 0.6) is 0 Å². The number of carbonyl (C=O) groups is 1. The molecule has 1 aliphatic rings. The second-order valence-electron chi connectivity index (χ2n) is 4.14. The highest BCUT2D eigenvalue weighted by molar-refractivity contribution is 5.68. The SMILES string of the molecule is CC(C)COC(=O)N1CCC[C@@H]1CO. The number of hydrogen-bond donors (Lipinski definition) is 1. The van der Waals surface area contributed by atoms with E-state index in [0.29, 0.717) is 19.1 Å². The molecular weight excluding hydrogens is 182 g/mol. The number of aliphatic hydroxyl groups excluding tert-OH is 1. The van der Waals surface area contributed by atoms with Gasteiger partial charge in [-0.2, -0.15) is 0 Å². The summed E-state index contributed by atoms with van der Waals surface area (Å²) in [5.41, 5.74) is 0. The minimum absolute atomic E-state index is 0.0327. The Balaban J connectivity index is 2.35. The average molecular weight is 201 g/mol. The van der Waals surface area contributed by atoms with Crippen LogP contribution >= 0.6 is 0 Å². The minimum atomic E-state index is -0.282. The van der Waals surface area contributed by atoms with Crippen molar-refractivity contribution in [2.75, 3.05) is 19.8 Å². The molecule has 1 aliphatic heterocycles. The van der Waals surface area contributed by atoms with Gasteiger partial charge in [-0.3, -0.25) is 0 Å². The largest absolute Gasteiger partial charge is 0.449 e. The van der Waals surface area contributed by atoms with Gasteiger partial charge in [0.1, 0.15) is 0 Å². The lowest BCUT2D eigenvalue weighted by Gasteiger charge is -2.22. The molecule has 0 aromatic rings. The molecule has 0 aliphatic carbocycles. The van der Waals surface area contributed by atoms with Crippen molar-refractivity contribution in [3.8, 4) is 0 Å². The number of hydrogen-bond acceptors (Lipinski definition) is 3. The maximum absolute atomic E-state index is 11.5. The maximum atomic E-state index is 11.5. The van der Waals surface area contributed by atoms with Crippen LogP contribution in [0.1, 0.15) is 26.7 Å². The summed E-state index contributed by atoms with van der Waals surface area (Å²) >= 11 is 0. The van der Waals surface area contributed by atoms with E-state index in [9.17, 15) is 4.79 Å². The van der Waals surface area contributed by atoms with Gasteiger partial charge in [-0.05, 0) is 18.8 Å². The maximum Gasteiger partial charge on any atom is 0.410 e. The first-order chi connectivity index (χ1) is 6.65. The average Bonchev–Trinajstić information content (AvgIpc) is 2.61. The lowest BCUT2D eigenvalue weighted by molar-refractivity contribution is 0.0765. The fourth-order valence-corrected chi connectivity index (χ4v) is 1.59. The lowest BCUT2D eigenvalue weighted by atomic mass is 10.2. The molecule has 1 N–H and O–H groups in total. The molecule has 1 amide bonds. The highest BCUT2D eigenvalue weighted by Gasteiger charge is 2.29. The molecule has 1 atom stereocenters. The second kappa shape index (κ2) is 5.20. The Morgan fingerprint density at radius 1 is 1.64 bits per heavy atom. The summed E-state index contributed by atoms with van der Waals surface area (Å²) in [5, 5.41) is 9.01. The van der Waals surface area contributed by atoms with E-state index in [2.05, 4.69) is 0 Å². The van der Waals surface area contributed by atoms with Crippen molar-refractivity contribution >= 4 is 6.09 Å². The highest BCUT2D eigenvalue weighted by Crippen LogP contribution is 2.17. The molecule has 0 unspecified atom stereocenters. The van der Waals surface area contributed by atoms with E-state index in [1.165, 1.54) is 0 Å². The van der Waals surface area contributed by atoms with Crippen LogP contribution in [0.2, 0.25) is 0 Å². The molecular formula is C10H19NO3. The van der Waals surface area contributed by atoms with Gasteiger partial charge in [-0.15, -0.1) is 0 Å². The number of nitrogens with zero attached hydrogens (tertiary/aromatic N) is 1. The summed E-state index contributed by atoms with van der Waals surface area (Å²) in [6, 6.07) is -0.0327. The zero-order chi connectivity index (χ0) is 10.6. The third-order valence-corrected chi connectivity index (χ3v) is 2.36. The molecule has 4 nitrogen and oxygen atoms in total. The van der Waals surface area contributed by atoms with E-state index in [0.717, 1.165) is 12.8 Å². The van der Waals surface area contributed by atoms with Gasteiger partial charge in [0.15, 0.2) is 0 Å². The van der Waals surface area contributed by atoms with Crippen molar-refractivity contribution < 1.29 is 14.6 Å². The topological polar surface area (TPSA) is 49.8 Å². The molecule has 0 bridgehead atoms. The summed E-state index contributed by atoms with van der Waals surface area (Å²) in [7, 11) is 0. The fraction of sp³-hybridized carbons (Fsp3) is 0.900. The van der Waals surface area contributed by atoms with E-state index >= 15 is 0 Å². The highest BCUT2D eigenvalue weighted by atomic mass is 16.6. The first-order valence-corrected chi connectivity index (χ1v) is 5.19. The van der Waals surface area contributed by atoms with Gasteiger partial charge in [0.25, 0.3) is 0 Å². The van der Waals surface area contributed by atoms with Gasteiger partial charge in [0.05, 0.1) is 19.3 Å². The summed E-state index contributed by atoms with van der Waals surface area (Å²) in [6.45, 7) is 5.20. The molecule has 1 fully saturated rings. The second-order valence-corrected chi connectivity index (χ2v) is 4.14. The van der Waals surface area contributed by atoms with E-state index in [4.69, 9.17) is 9.84 Å². The summed E-state index contributed by atoms with van der Waals surface area (Å²) in [6.07, 6.45) is 1.56. The molecule has 0 saturated carbocycles. The smallest absolute Gasteiger partial charge is 0.410 e. The van der Waals surface area contributed by atoms with E-state index in [1.807, 2.05) is 13.8 Å². The number of carbonyl (C=O) groups excluding carboxylic acids is 1. The van der Waals surface area contributed by atoms with Crippen LogP contribution < -0.4 is 0 Å². The monoisotopic (exact) mass is 201 g/mol. The van der Waals surface area contributed by atoms with Crippen molar-refractivity contribution in [3.05, 3.63) is 0 Å². The first-order valence-electron chi connectivity index (χ1n) is 5.19. The number of likely N-dealkylation sites (tertiary alicyclic amines) is 1. The van der Waals surface area contributed by atoms with Crippen LogP contribution in [0.15, 0.2) is 0 Å². The van der Waals surface area contributed by atoms with Gasteiger partial charge >= 0.3 is 6.09 Å². The molecule has 1 saturated heterocycles. The Morgan fingerprint density at radius 3 is 2.93 bits per heavy atom. The minimum Gasteiger partial charge on any atom is -0.449 e. The Hall–Kier alpha value is -0.770. The Morgan fingerprint density at radius 2 is 2.36 bits per heavy atom. The van der Waals surface area contributed by atoms with Gasteiger partial charge in [0, 0.05) is 6.54 Å². The van der Waals surface area contributed by atoms with Crippen molar-refractivity contribution in [2.45, 2.75) is 32.7 Å². The Labute approximate surface area is 84.8 Å². The number of aliphatic hydroxyl groups is 1. The summed E-state index contributed by atoms with van der Waals surface area (Å²) < 4.78 is 5.10. The molecule has 82 valence electrons. The standard InChI is InChI=1S/C10H19NO3/c1-8(2)7-14-10(13)11-5-3-4-9(11)6-12/h8-9,12H,3-7H2,1-2H3/t9-/m1/s1. The zero-order valence-corrected chi connectivity index (χ0v) is 8.90. The Kier molecular flexibility index (Phi) is 4.20. The molecule has 1 heterocycles. The molecule has 0 aromatic carbocycles. The van der Waals surface area contributed by atoms with Crippen molar-refractivity contribution in [2.24, 2.45) is 5.92 Å². The van der Waals surface area contributed by atoms with E-state index in [1.54, 1.807) is 4.90 Å². The van der Waals surface area contributed by atoms with Crippen LogP contribution in [0.4, 0.5) is 4.79 Å². The summed E-state index contributed by atoms with van der Waals surface area (Å²) in [4.78, 5) is 13.1. The van der Waals surface area contributed by atoms with Gasteiger partial charge in [-0.25, -0.2) is 4.79 Å². The predicted molar refractivity (Wildman–Crippen MR) is 53.0 cm³/mol. The van der Waals surface area contributed by atoms with Crippen molar-refractivity contribution in [3.63, 3.8) is 0 Å². The van der Waals surface area contributed by atoms with Crippen LogP contribution in [-0.4, -0.2) is 41.9 Å². The van der Waals surface area contributed by atoms with Crippen LogP contribution in [0, 0.1) is 5.92 Å². The third kappa shape index (κ3) is 2.87. The Bertz CT molecular complexity index is 194. The zero-order valence-electron chi connectivity index (χ0n) is 8.90. The molecule has 14 heavy (non-hydrogen) atoms. The van der Waals surface area contributed by atoms with E-state index in [-0.39, 0.29) is 18.7 Å². The molecule has 0 aromatic heterocycles. The van der Waals surface area contributed by atoms with Crippen LogP contribution in [-0.2, 0) is 4.74 Å². The first kappa shape index (κ1) is 11.3. The van der Waals surface area contributed by atoms with Crippen molar-refractivity contribution in [1.29, 1.82) is 0 Å². The predicted octanol–water partition coefficient (Wildman–Crippen LogP) is 1.24. The molecule has 4 heteroatoms. The number of amides is 1. The van der Waals surface area contributed by atoms with Crippen molar-refractivity contribution in [1.82, 2.24) is 4.90 Å². The van der Waals surface area contributed by atoms with Gasteiger partial charge in [0.2, 0.25) is 0 Å². The van der Waals surface area contributed by atoms with Crippen LogP contribution in [0.25, 0.3) is 0 Å². The quantitative estimate of drug-likeness (QED) is 0.747. The normalized spacial score (nSPS) is 21.7. The van der Waals surface area contributed by atoms with E-state index < -0.39 is 0 Å². The van der Waals surface area contributed by atoms with Crippen LogP contribution in [0.3, 0.4) is 0 Å². The third-order valence-electron chi connectivity index (χ3n) is 2.36. The fourth-order valence-electron chi connectivity index (χ4n) is 1.59. The molecule has 0 radical (unpaired) electrons. The van der Waals surface area contributed by atoms with Gasteiger partial charge in [-0.1, -0.05) is 13.8 Å². The van der Waals surface area contributed by atoms with Gasteiger partial charge < -0.3 is 14.7 Å². The molecule has 1 rings (SSSR count). The molecule has 0 spiro atoms. The number of ether oxygens (including phenoxy) is 1. The lowest BCUT2D eigenvalue weighted by Crippen LogP contribution is -2.38. The number of rotatable bonds is 3. The summed E-state index contributed by atoms with van der Waals surface area (Å²) in [5.74, 6) is 0.356.